The summed E-state index contributed by atoms with van der Waals surface area (Å²) in [7, 11) is 1.48. The minimum atomic E-state index is 0.317. The van der Waals surface area contributed by atoms with Gasteiger partial charge in [0.15, 0.2) is 0 Å². The minimum Gasteiger partial charge on any atom is -0.478 e. The van der Waals surface area contributed by atoms with Crippen molar-refractivity contribution < 1.29 is 13.6 Å². The van der Waals surface area contributed by atoms with Crippen molar-refractivity contribution in [2.45, 2.75) is 0 Å². The van der Waals surface area contributed by atoms with Crippen molar-refractivity contribution in [2.75, 3.05) is 7.11 Å². The first-order valence-electron chi connectivity index (χ1n) is 3.22. The maximum atomic E-state index is 4.98. The Balaban J connectivity index is 2.46. The van der Waals surface area contributed by atoms with Crippen molar-refractivity contribution in [3.63, 3.8) is 0 Å². The first-order valence-corrected chi connectivity index (χ1v) is 3.22. The molecule has 1 radical (unpaired) electrons. The Kier molecular flexibility index (Phi) is 1.55. The summed E-state index contributed by atoms with van der Waals surface area (Å²) in [5.74, 6) is 1.00. The van der Waals surface area contributed by atoms with Crippen LogP contribution in [0.1, 0.15) is 0 Å². The molecule has 0 unspecified atom stereocenters. The zero-order valence-electron chi connectivity index (χ0n) is 6.27. The van der Waals surface area contributed by atoms with Crippen molar-refractivity contribution in [2.24, 2.45) is 0 Å². The van der Waals surface area contributed by atoms with Gasteiger partial charge < -0.3 is 13.6 Å². The SMILES string of the molecule is COc1n[c]oc1-c1ncco1. The van der Waals surface area contributed by atoms with Crippen molar-refractivity contribution >= 4 is 0 Å². The molecule has 0 spiro atoms. The van der Waals surface area contributed by atoms with Crippen LogP contribution in [0.4, 0.5) is 0 Å². The average Bonchev–Trinajstić information content (AvgIpc) is 2.74. The Labute approximate surface area is 68.0 Å². The van der Waals surface area contributed by atoms with E-state index in [1.165, 1.54) is 19.6 Å². The number of oxazole rings is 2. The lowest BCUT2D eigenvalue weighted by Crippen LogP contribution is -1.84. The van der Waals surface area contributed by atoms with Gasteiger partial charge >= 0.3 is 0 Å². The molecular formula is C7H5N2O3. The number of nitrogens with zero attached hydrogens (tertiary/aromatic N) is 2. The predicted octanol–water partition coefficient (Wildman–Crippen LogP) is 1.14. The minimum absolute atomic E-state index is 0.317. The second-order valence-corrected chi connectivity index (χ2v) is 1.98. The van der Waals surface area contributed by atoms with Crippen molar-refractivity contribution in [3.8, 4) is 17.5 Å². The molecule has 61 valence electrons. The molecule has 0 bridgehead atoms. The van der Waals surface area contributed by atoms with Gasteiger partial charge in [-0.15, -0.1) is 0 Å². The molecule has 2 heterocycles. The third kappa shape index (κ3) is 0.952. The summed E-state index contributed by atoms with van der Waals surface area (Å²) < 4.78 is 14.7. The molecule has 0 atom stereocenters. The molecule has 0 N–H and O–H groups in total. The lowest BCUT2D eigenvalue weighted by Gasteiger charge is -1.92. The first-order chi connectivity index (χ1) is 5.92. The monoisotopic (exact) mass is 165 g/mol. The van der Waals surface area contributed by atoms with E-state index in [4.69, 9.17) is 13.6 Å². The Morgan fingerprint density at radius 2 is 2.50 bits per heavy atom. The average molecular weight is 165 g/mol. The van der Waals surface area contributed by atoms with Crippen molar-refractivity contribution in [1.82, 2.24) is 9.97 Å². The van der Waals surface area contributed by atoms with Gasteiger partial charge in [-0.1, -0.05) is 0 Å². The summed E-state index contributed by atoms with van der Waals surface area (Å²) in [5, 5.41) is 0. The van der Waals surface area contributed by atoms with Gasteiger partial charge in [-0.3, -0.25) is 0 Å². The highest BCUT2D eigenvalue weighted by Crippen LogP contribution is 2.26. The molecular weight excluding hydrogens is 160 g/mol. The molecule has 0 aliphatic heterocycles. The Bertz CT molecular complexity index is 352. The summed E-state index contributed by atoms with van der Waals surface area (Å²) in [5.41, 5.74) is 0. The quantitative estimate of drug-likeness (QED) is 0.667. The summed E-state index contributed by atoms with van der Waals surface area (Å²) >= 11 is 0. The molecule has 0 saturated carbocycles. The zero-order valence-corrected chi connectivity index (χ0v) is 6.27. The molecule has 2 aromatic heterocycles. The highest BCUT2D eigenvalue weighted by molar-refractivity contribution is 5.50. The van der Waals surface area contributed by atoms with E-state index in [1.54, 1.807) is 0 Å². The normalized spacial score (nSPS) is 10.1. The molecule has 5 nitrogen and oxygen atoms in total. The van der Waals surface area contributed by atoms with Crippen LogP contribution in [0.25, 0.3) is 11.7 Å². The van der Waals surface area contributed by atoms with Crippen LogP contribution in [0.2, 0.25) is 0 Å². The van der Waals surface area contributed by atoms with Gasteiger partial charge in [0.05, 0.1) is 13.3 Å². The molecule has 0 aliphatic rings. The van der Waals surface area contributed by atoms with Gasteiger partial charge in [0, 0.05) is 0 Å². The standard InChI is InChI=1S/C7H5N2O3/c1-10-6-5(12-4-9-6)7-8-2-3-11-7/h2-3H,1H3. The number of hydrogen-bond donors (Lipinski definition) is 0. The molecule has 12 heavy (non-hydrogen) atoms. The van der Waals surface area contributed by atoms with Crippen LogP contribution in [-0.2, 0) is 0 Å². The van der Waals surface area contributed by atoms with Crippen LogP contribution in [0, 0.1) is 6.39 Å². The highest BCUT2D eigenvalue weighted by Gasteiger charge is 2.15. The van der Waals surface area contributed by atoms with Crippen LogP contribution in [0.3, 0.4) is 0 Å². The maximum absolute atomic E-state index is 4.98. The van der Waals surface area contributed by atoms with Crippen LogP contribution < -0.4 is 4.74 Å². The maximum Gasteiger partial charge on any atom is 0.287 e. The lowest BCUT2D eigenvalue weighted by molar-refractivity contribution is 0.394. The third-order valence-corrected chi connectivity index (χ3v) is 1.31. The summed E-state index contributed by atoms with van der Waals surface area (Å²) in [4.78, 5) is 7.54. The van der Waals surface area contributed by atoms with E-state index < -0.39 is 0 Å². The van der Waals surface area contributed by atoms with E-state index in [9.17, 15) is 0 Å². The molecule has 0 fully saturated rings. The van der Waals surface area contributed by atoms with Crippen LogP contribution >= 0.6 is 0 Å². The molecule has 5 heteroatoms. The van der Waals surface area contributed by atoms with Crippen molar-refractivity contribution in [3.05, 3.63) is 18.9 Å². The molecule has 0 aliphatic carbocycles. The Hall–Kier alpha value is -1.78. The van der Waals surface area contributed by atoms with Gasteiger partial charge in [0.2, 0.25) is 0 Å². The predicted molar refractivity (Wildman–Crippen MR) is 37.4 cm³/mol. The molecule has 0 aromatic carbocycles. The van der Waals surface area contributed by atoms with Gasteiger partial charge in [-0.05, 0) is 0 Å². The van der Waals surface area contributed by atoms with Gasteiger partial charge in [0.1, 0.15) is 6.26 Å². The summed E-state index contributed by atoms with van der Waals surface area (Å²) in [6.07, 6.45) is 5.24. The van der Waals surface area contributed by atoms with Crippen LogP contribution in [0.5, 0.6) is 5.88 Å². The molecule has 2 aromatic rings. The van der Waals surface area contributed by atoms with E-state index in [-0.39, 0.29) is 0 Å². The summed E-state index contributed by atoms with van der Waals surface area (Å²) in [6.45, 7) is 0. The van der Waals surface area contributed by atoms with Gasteiger partial charge in [-0.2, -0.15) is 4.98 Å². The van der Waals surface area contributed by atoms with Gasteiger partial charge in [0.25, 0.3) is 23.9 Å². The fraction of sp³-hybridized carbons (Fsp3) is 0.143. The Morgan fingerprint density at radius 3 is 3.17 bits per heavy atom. The number of ether oxygens (including phenoxy) is 1. The largest absolute Gasteiger partial charge is 0.478 e. The van der Waals surface area contributed by atoms with E-state index in [0.29, 0.717) is 17.5 Å². The fourth-order valence-corrected chi connectivity index (χ4v) is 0.813. The van der Waals surface area contributed by atoms with E-state index in [2.05, 4.69) is 16.4 Å². The number of rotatable bonds is 2. The number of aromatic nitrogens is 2. The molecule has 0 saturated heterocycles. The second kappa shape index (κ2) is 2.69. The van der Waals surface area contributed by atoms with Crippen LogP contribution in [-0.4, -0.2) is 17.1 Å². The highest BCUT2D eigenvalue weighted by atomic mass is 16.5. The summed E-state index contributed by atoms with van der Waals surface area (Å²) in [6, 6.07) is 0. The third-order valence-electron chi connectivity index (χ3n) is 1.31. The van der Waals surface area contributed by atoms with Crippen LogP contribution in [0.15, 0.2) is 21.3 Å². The second-order valence-electron chi connectivity index (χ2n) is 1.98. The topological polar surface area (TPSA) is 61.3 Å². The zero-order chi connectivity index (χ0) is 8.39. The molecule has 0 amide bonds. The number of hydrogen-bond acceptors (Lipinski definition) is 5. The molecule has 2 rings (SSSR count). The smallest absolute Gasteiger partial charge is 0.287 e. The van der Waals surface area contributed by atoms with E-state index >= 15 is 0 Å². The fourth-order valence-electron chi connectivity index (χ4n) is 0.813. The first kappa shape index (κ1) is 6.90. The Morgan fingerprint density at radius 1 is 1.58 bits per heavy atom. The number of methoxy groups -OCH3 is 1. The van der Waals surface area contributed by atoms with Crippen molar-refractivity contribution in [1.29, 1.82) is 0 Å². The van der Waals surface area contributed by atoms with Gasteiger partial charge in [-0.25, -0.2) is 4.98 Å². The van der Waals surface area contributed by atoms with E-state index in [1.807, 2.05) is 0 Å². The lowest BCUT2D eigenvalue weighted by atomic mass is 10.5. The van der Waals surface area contributed by atoms with E-state index in [0.717, 1.165) is 0 Å².